The van der Waals surface area contributed by atoms with Crippen molar-refractivity contribution in [1.29, 1.82) is 0 Å². The van der Waals surface area contributed by atoms with E-state index in [1.807, 2.05) is 32.1 Å². The summed E-state index contributed by atoms with van der Waals surface area (Å²) in [5.74, 6) is -0.344. The molecule has 4 aliphatic heterocycles. The Bertz CT molecular complexity index is 1930. The average Bonchev–Trinajstić information content (AvgIpc) is 3.31. The molecular formula is C33H38N5O7S+. The summed E-state index contributed by atoms with van der Waals surface area (Å²) in [6.07, 6.45) is 6.96. The van der Waals surface area contributed by atoms with Crippen LogP contribution in [0.3, 0.4) is 0 Å². The molecule has 0 saturated heterocycles. The van der Waals surface area contributed by atoms with Crippen LogP contribution in [0.4, 0.5) is 11.4 Å². The standard InChI is InChI=1S/C33H37N5O7S/c1-4-36-12-5-7-21-15-24-28(17-26(21)36)45-29-18-27-23(16-25(29)35-24)22(20-46(42,43)44)19-33(2,3)38(27)13-6-8-30(39)34-11-14-37-31(40)9-10-32(37)41/h9-10,15-19H,4-8,11-14,20H2,1-3H3,(H-,34,39,42,43,44)/p+1. The molecule has 4 heterocycles. The van der Waals surface area contributed by atoms with E-state index >= 15 is 0 Å². The first kappa shape index (κ1) is 31.6. The van der Waals surface area contributed by atoms with Crippen molar-refractivity contribution in [1.82, 2.24) is 14.8 Å². The van der Waals surface area contributed by atoms with Gasteiger partial charge in [0.05, 0.1) is 11.6 Å². The van der Waals surface area contributed by atoms with Gasteiger partial charge in [-0.3, -0.25) is 23.8 Å². The number of aryl methyl sites for hydroxylation is 1. The molecule has 13 heteroatoms. The lowest BCUT2D eigenvalue weighted by Gasteiger charge is -2.44. The van der Waals surface area contributed by atoms with Crippen molar-refractivity contribution >= 4 is 44.8 Å². The van der Waals surface area contributed by atoms with Gasteiger partial charge < -0.3 is 15.0 Å². The third-order valence-electron chi connectivity index (χ3n) is 8.84. The molecule has 0 bridgehead atoms. The van der Waals surface area contributed by atoms with Crippen molar-refractivity contribution < 1.29 is 32.1 Å². The van der Waals surface area contributed by atoms with Crippen LogP contribution in [-0.2, 0) is 30.9 Å². The molecule has 0 fully saturated rings. The normalized spacial score (nSPS) is 17.8. The summed E-state index contributed by atoms with van der Waals surface area (Å²) in [7, 11) is -4.33. The summed E-state index contributed by atoms with van der Waals surface area (Å²) < 4.78 is 42.7. The van der Waals surface area contributed by atoms with Crippen LogP contribution in [-0.4, -0.2) is 79.6 Å². The van der Waals surface area contributed by atoms with Gasteiger partial charge in [0, 0.05) is 67.5 Å². The van der Waals surface area contributed by atoms with Crippen molar-refractivity contribution in [3.8, 4) is 11.5 Å². The number of carbonyl (C=O) groups is 3. The predicted octanol–water partition coefficient (Wildman–Crippen LogP) is 1.89. The average molecular weight is 649 g/mol. The molecule has 12 nitrogen and oxygen atoms in total. The maximum atomic E-state index is 12.6. The molecule has 0 aromatic heterocycles. The van der Waals surface area contributed by atoms with E-state index in [4.69, 9.17) is 9.73 Å². The van der Waals surface area contributed by atoms with Crippen LogP contribution in [0.15, 0.2) is 47.5 Å². The fraction of sp³-hybridized carbons (Fsp3) is 0.424. The fourth-order valence-corrected chi connectivity index (χ4v) is 7.32. The highest BCUT2D eigenvalue weighted by Crippen LogP contribution is 2.46. The zero-order valence-corrected chi connectivity index (χ0v) is 27.0. The lowest BCUT2D eigenvalue weighted by atomic mass is 9.88. The SMILES string of the molecule is CC[N+]1=c2cc3c(cc2CCC1)=Nc1cc2c(cc1O3)N(CCCC(=O)NCCN1C(=O)C=CC1=O)C(C)(C)C=C2CS(=O)(=O)O. The van der Waals surface area contributed by atoms with Gasteiger partial charge in [0.25, 0.3) is 21.9 Å². The highest BCUT2D eigenvalue weighted by Gasteiger charge is 2.35. The van der Waals surface area contributed by atoms with Crippen molar-refractivity contribution in [2.75, 3.05) is 43.4 Å². The number of hydrogen-bond acceptors (Lipinski definition) is 8. The zero-order valence-electron chi connectivity index (χ0n) is 26.2. The summed E-state index contributed by atoms with van der Waals surface area (Å²) in [5, 5.41) is 4.64. The van der Waals surface area contributed by atoms with Gasteiger partial charge in [-0.05, 0) is 51.3 Å². The predicted molar refractivity (Wildman–Crippen MR) is 172 cm³/mol. The topological polar surface area (TPSA) is 149 Å². The second-order valence-electron chi connectivity index (χ2n) is 12.5. The van der Waals surface area contributed by atoms with Gasteiger partial charge in [-0.1, -0.05) is 6.08 Å². The number of nitrogens with one attached hydrogen (secondary N) is 1. The van der Waals surface area contributed by atoms with E-state index in [1.165, 1.54) is 17.7 Å². The van der Waals surface area contributed by atoms with Gasteiger partial charge in [-0.2, -0.15) is 8.42 Å². The van der Waals surface area contributed by atoms with Crippen LogP contribution in [0.5, 0.6) is 11.5 Å². The van der Waals surface area contributed by atoms with Gasteiger partial charge >= 0.3 is 0 Å². The quantitative estimate of drug-likeness (QED) is 0.192. The molecule has 3 amide bonds. The van der Waals surface area contributed by atoms with Crippen LogP contribution in [0, 0.1) is 0 Å². The van der Waals surface area contributed by atoms with Gasteiger partial charge in [-0.25, -0.2) is 9.57 Å². The molecule has 0 radical (unpaired) electrons. The van der Waals surface area contributed by atoms with Crippen molar-refractivity contribution in [2.45, 2.75) is 52.0 Å². The number of anilines is 1. The molecule has 0 saturated carbocycles. The molecule has 0 atom stereocenters. The van der Waals surface area contributed by atoms with Gasteiger partial charge in [0.1, 0.15) is 29.9 Å². The van der Waals surface area contributed by atoms with Crippen LogP contribution in [0.25, 0.3) is 5.57 Å². The van der Waals surface area contributed by atoms with E-state index in [-0.39, 0.29) is 25.4 Å². The summed E-state index contributed by atoms with van der Waals surface area (Å²) in [6, 6.07) is 7.80. The van der Waals surface area contributed by atoms with Crippen molar-refractivity contribution in [3.05, 3.63) is 64.3 Å². The molecule has 0 unspecified atom stereocenters. The monoisotopic (exact) mass is 648 g/mol. The van der Waals surface area contributed by atoms with Gasteiger partial charge in [0.15, 0.2) is 11.5 Å². The van der Waals surface area contributed by atoms with Crippen LogP contribution in [0.2, 0.25) is 0 Å². The Kier molecular flexibility index (Phi) is 8.32. The summed E-state index contributed by atoms with van der Waals surface area (Å²) in [4.78, 5) is 44.2. The maximum absolute atomic E-state index is 12.6. The lowest BCUT2D eigenvalue weighted by molar-refractivity contribution is -0.137. The Morgan fingerprint density at radius 1 is 1.11 bits per heavy atom. The van der Waals surface area contributed by atoms with E-state index in [2.05, 4.69) is 33.8 Å². The maximum Gasteiger partial charge on any atom is 0.269 e. The minimum atomic E-state index is -4.33. The summed E-state index contributed by atoms with van der Waals surface area (Å²) in [6.45, 7) is 8.63. The summed E-state index contributed by atoms with van der Waals surface area (Å²) >= 11 is 0. The molecular weight excluding hydrogens is 610 g/mol. The first-order valence-corrected chi connectivity index (χ1v) is 17.2. The molecule has 0 aliphatic carbocycles. The molecule has 6 rings (SSSR count). The van der Waals surface area contributed by atoms with E-state index in [9.17, 15) is 27.4 Å². The Hall–Kier alpha value is -4.36. The minimum Gasteiger partial charge on any atom is -0.452 e. The van der Waals surface area contributed by atoms with Gasteiger partial charge in [0.2, 0.25) is 11.3 Å². The molecule has 2 aromatic carbocycles. The molecule has 2 N–H and O–H groups in total. The van der Waals surface area contributed by atoms with Crippen LogP contribution in [0.1, 0.15) is 51.2 Å². The molecule has 2 aromatic rings. The second kappa shape index (κ2) is 12.1. The Morgan fingerprint density at radius 3 is 2.59 bits per heavy atom. The van der Waals surface area contributed by atoms with E-state index in [0.717, 1.165) is 47.2 Å². The fourth-order valence-electron chi connectivity index (χ4n) is 6.69. The van der Waals surface area contributed by atoms with E-state index < -0.39 is 33.2 Å². The molecule has 242 valence electrons. The third kappa shape index (κ3) is 6.34. The van der Waals surface area contributed by atoms with Crippen molar-refractivity contribution in [2.24, 2.45) is 4.99 Å². The number of rotatable bonds is 10. The van der Waals surface area contributed by atoms with Gasteiger partial charge in [-0.15, -0.1) is 0 Å². The number of fused-ring (bicyclic) bond motifs is 4. The number of nitrogens with zero attached hydrogens (tertiary/aromatic N) is 4. The molecule has 0 spiro atoms. The van der Waals surface area contributed by atoms with E-state index in [0.29, 0.717) is 41.3 Å². The number of ether oxygens (including phenoxy) is 1. The smallest absolute Gasteiger partial charge is 0.269 e. The third-order valence-corrected chi connectivity index (χ3v) is 9.51. The molecule has 46 heavy (non-hydrogen) atoms. The number of carbonyl (C=O) groups excluding carboxylic acids is 3. The first-order valence-electron chi connectivity index (χ1n) is 15.6. The van der Waals surface area contributed by atoms with Crippen molar-refractivity contribution in [3.63, 3.8) is 0 Å². The van der Waals surface area contributed by atoms with Crippen LogP contribution >= 0.6 is 0 Å². The Balaban J connectivity index is 1.26. The number of hydrogen-bond donors (Lipinski definition) is 2. The second-order valence-corrected chi connectivity index (χ2v) is 14.0. The highest BCUT2D eigenvalue weighted by atomic mass is 32.2. The Morgan fingerprint density at radius 2 is 1.87 bits per heavy atom. The minimum absolute atomic E-state index is 0.100. The van der Waals surface area contributed by atoms with E-state index in [1.54, 1.807) is 0 Å². The lowest BCUT2D eigenvalue weighted by Crippen LogP contribution is -2.46. The molecule has 4 aliphatic rings. The number of benzene rings is 2. The first-order chi connectivity index (χ1) is 21.8. The summed E-state index contributed by atoms with van der Waals surface area (Å²) in [5.41, 5.74) is 2.94. The Labute approximate surface area is 267 Å². The largest absolute Gasteiger partial charge is 0.452 e. The highest BCUT2D eigenvalue weighted by molar-refractivity contribution is 7.86. The number of amides is 3. The van der Waals surface area contributed by atoms with Crippen LogP contribution < -0.4 is 30.2 Å². The number of imide groups is 1. The zero-order chi connectivity index (χ0) is 32.8.